The van der Waals surface area contributed by atoms with Crippen molar-refractivity contribution in [2.75, 3.05) is 6.61 Å². The van der Waals surface area contributed by atoms with Crippen LogP contribution in [0.3, 0.4) is 0 Å². The third kappa shape index (κ3) is 4.72. The number of allylic oxidation sites excluding steroid dienone is 6. The molecule has 0 aromatic heterocycles. The van der Waals surface area contributed by atoms with E-state index in [2.05, 4.69) is 0 Å². The average molecular weight is 561 g/mol. The van der Waals surface area contributed by atoms with Crippen molar-refractivity contribution in [1.82, 2.24) is 0 Å². The molecule has 11 unspecified atom stereocenters. The van der Waals surface area contributed by atoms with Crippen LogP contribution in [0.25, 0.3) is 0 Å². The van der Waals surface area contributed by atoms with Crippen molar-refractivity contribution in [3.05, 3.63) is 36.0 Å². The lowest BCUT2D eigenvalue weighted by atomic mass is 9.52. The number of alkyl halides is 1. The molecule has 5 aliphatic rings. The molecule has 1 aliphatic heterocycles. The summed E-state index contributed by atoms with van der Waals surface area (Å²) in [5.74, 6) is -3.75. The highest BCUT2D eigenvalue weighted by atomic mass is 19.1. The molecule has 9 heteroatoms. The molecule has 0 aromatic carbocycles. The number of aliphatic hydroxyl groups is 2. The van der Waals surface area contributed by atoms with E-state index in [4.69, 9.17) is 9.47 Å². The maximum Gasteiger partial charge on any atom is 0.307 e. The summed E-state index contributed by atoms with van der Waals surface area (Å²) < 4.78 is 28.7. The van der Waals surface area contributed by atoms with E-state index >= 15 is 4.39 Å². The monoisotopic (exact) mass is 560 g/mol. The van der Waals surface area contributed by atoms with Gasteiger partial charge in [-0.2, -0.15) is 0 Å². The van der Waals surface area contributed by atoms with Gasteiger partial charge in [-0.25, -0.2) is 4.39 Å². The number of halogens is 1. The van der Waals surface area contributed by atoms with Crippen molar-refractivity contribution in [3.63, 3.8) is 0 Å². The predicted octanol–water partition coefficient (Wildman–Crippen LogP) is 3.70. The van der Waals surface area contributed by atoms with E-state index in [1.54, 1.807) is 19.9 Å². The summed E-state index contributed by atoms with van der Waals surface area (Å²) in [4.78, 5) is 37.2. The van der Waals surface area contributed by atoms with Crippen LogP contribution in [0.15, 0.2) is 36.0 Å². The zero-order chi connectivity index (χ0) is 29.0. The molecule has 220 valence electrons. The van der Waals surface area contributed by atoms with Gasteiger partial charge in [0.2, 0.25) is 0 Å². The van der Waals surface area contributed by atoms with Gasteiger partial charge in [0, 0.05) is 11.3 Å². The molecular weight excluding hydrogens is 519 g/mol. The van der Waals surface area contributed by atoms with Gasteiger partial charge in [0.1, 0.15) is 18.3 Å². The van der Waals surface area contributed by atoms with Crippen molar-refractivity contribution in [3.8, 4) is 0 Å². The number of carboxylic acid groups (broad SMARTS) is 1. The topological polar surface area (TPSA) is 134 Å². The number of carbonyl (C=O) groups is 3. The fraction of sp³-hybridized carbons (Fsp3) is 0.710. The predicted molar refractivity (Wildman–Crippen MR) is 143 cm³/mol. The summed E-state index contributed by atoms with van der Waals surface area (Å²) in [6.45, 7) is 5.00. The van der Waals surface area contributed by atoms with Crippen LogP contribution >= 0.6 is 0 Å². The Bertz CT molecular complexity index is 1150. The van der Waals surface area contributed by atoms with Crippen molar-refractivity contribution in [2.24, 2.45) is 35.0 Å². The molecule has 11 atom stereocenters. The number of ether oxygens (including phenoxy) is 2. The number of aliphatic hydroxyl groups excluding tert-OH is 1. The second-order valence-corrected chi connectivity index (χ2v) is 12.9. The van der Waals surface area contributed by atoms with E-state index in [9.17, 15) is 29.7 Å². The molecule has 0 aromatic rings. The molecule has 0 bridgehead atoms. The number of rotatable bonds is 6. The Morgan fingerprint density at radius 3 is 2.65 bits per heavy atom. The van der Waals surface area contributed by atoms with Crippen molar-refractivity contribution < 1.29 is 43.6 Å². The lowest BCUT2D eigenvalue weighted by Crippen LogP contribution is -2.60. The first-order valence-corrected chi connectivity index (χ1v) is 14.5. The number of hydrogen-bond acceptors (Lipinski definition) is 7. The van der Waals surface area contributed by atoms with E-state index in [0.717, 1.165) is 0 Å². The molecule has 2 saturated carbocycles. The van der Waals surface area contributed by atoms with Gasteiger partial charge in [-0.3, -0.25) is 14.4 Å². The summed E-state index contributed by atoms with van der Waals surface area (Å²) in [5.41, 5.74) is -4.38. The highest BCUT2D eigenvalue weighted by Gasteiger charge is 2.63. The number of fused-ring (bicyclic) bond motifs is 3. The number of epoxide rings is 1. The van der Waals surface area contributed by atoms with Gasteiger partial charge in [0.25, 0.3) is 0 Å². The smallest absolute Gasteiger partial charge is 0.307 e. The van der Waals surface area contributed by atoms with Gasteiger partial charge < -0.3 is 24.8 Å². The van der Waals surface area contributed by atoms with Crippen molar-refractivity contribution >= 4 is 17.5 Å². The van der Waals surface area contributed by atoms with Crippen LogP contribution in [0.4, 0.5) is 4.39 Å². The Morgan fingerprint density at radius 1 is 1.20 bits per heavy atom. The minimum absolute atomic E-state index is 0.131. The largest absolute Gasteiger partial charge is 0.481 e. The highest BCUT2D eigenvalue weighted by molar-refractivity contribution is 6.01. The molecule has 0 radical (unpaired) electrons. The lowest BCUT2D eigenvalue weighted by molar-refractivity contribution is -0.153. The van der Waals surface area contributed by atoms with Crippen LogP contribution < -0.4 is 0 Å². The second kappa shape index (κ2) is 10.6. The second-order valence-electron chi connectivity index (χ2n) is 12.9. The molecular formula is C31H41FO8. The maximum absolute atomic E-state index is 17.4. The fourth-order valence-electron chi connectivity index (χ4n) is 8.09. The third-order valence-corrected chi connectivity index (χ3v) is 10.7. The van der Waals surface area contributed by atoms with Crippen LogP contribution in [0, 0.1) is 35.0 Å². The van der Waals surface area contributed by atoms with Crippen LogP contribution in [0.2, 0.25) is 0 Å². The minimum Gasteiger partial charge on any atom is -0.481 e. The lowest BCUT2D eigenvalue weighted by Gasteiger charge is -2.55. The highest BCUT2D eigenvalue weighted by Crippen LogP contribution is 2.60. The number of carbonyl (C=O) groups excluding carboxylic acids is 2. The van der Waals surface area contributed by atoms with Crippen LogP contribution in [0.1, 0.15) is 65.7 Å². The van der Waals surface area contributed by atoms with Gasteiger partial charge in [-0.05, 0) is 81.8 Å². The van der Waals surface area contributed by atoms with Crippen LogP contribution in [-0.4, -0.2) is 69.2 Å². The van der Waals surface area contributed by atoms with Crippen molar-refractivity contribution in [2.45, 2.75) is 95.5 Å². The molecule has 4 aliphatic carbocycles. The molecule has 0 spiro atoms. The Morgan fingerprint density at radius 2 is 1.93 bits per heavy atom. The van der Waals surface area contributed by atoms with Gasteiger partial charge in [-0.1, -0.05) is 37.6 Å². The van der Waals surface area contributed by atoms with Gasteiger partial charge >= 0.3 is 5.97 Å². The summed E-state index contributed by atoms with van der Waals surface area (Å²) in [5, 5.41) is 32.7. The zero-order valence-electron chi connectivity index (χ0n) is 23.4. The van der Waals surface area contributed by atoms with E-state index < -0.39 is 71.3 Å². The number of hydrogen-bond donors (Lipinski definition) is 3. The minimum atomic E-state index is -2.07. The summed E-state index contributed by atoms with van der Waals surface area (Å²) in [6, 6.07) is 0. The first kappa shape index (κ1) is 29.3. The molecule has 3 N–H and O–H groups in total. The van der Waals surface area contributed by atoms with E-state index in [1.807, 2.05) is 19.1 Å². The molecule has 3 fully saturated rings. The van der Waals surface area contributed by atoms with Crippen LogP contribution in [0.5, 0.6) is 0 Å². The molecule has 8 nitrogen and oxygen atoms in total. The standard InChI is InChI=1S/C31H41FO8/c1-17-14-18(2)30(38,25(35)16-39-28-26(40-28)21-6-4-5-7-22(21)27(36)37)13-11-24(34)31(32)23(17)9-8-19-15-20(33)10-12-29(19,31)3/h4-5,10,12,15,17-18,21-24,26,28,34,38H,6-9,11,13-14,16H2,1-3H3,(H,36,37). The Labute approximate surface area is 234 Å². The Hall–Kier alpha value is -2.20. The normalized spacial score (nSPS) is 46.8. The number of Topliss-reactive ketones (excluding diaryl/α,β-unsaturated/α-hetero) is 1. The van der Waals surface area contributed by atoms with Gasteiger partial charge in [-0.15, -0.1) is 0 Å². The molecule has 0 amide bonds. The number of carboxylic acids is 1. The molecule has 5 rings (SSSR count). The van der Waals surface area contributed by atoms with E-state index in [-0.39, 0.29) is 30.5 Å². The first-order valence-electron chi connectivity index (χ1n) is 14.5. The summed E-state index contributed by atoms with van der Waals surface area (Å²) in [6.07, 6.45) is 7.70. The number of ketones is 2. The molecule has 40 heavy (non-hydrogen) atoms. The average Bonchev–Trinajstić information content (AvgIpc) is 3.70. The summed E-state index contributed by atoms with van der Waals surface area (Å²) >= 11 is 0. The third-order valence-electron chi connectivity index (χ3n) is 10.7. The summed E-state index contributed by atoms with van der Waals surface area (Å²) in [7, 11) is 0. The Kier molecular flexibility index (Phi) is 7.74. The number of aliphatic carboxylic acids is 1. The van der Waals surface area contributed by atoms with Gasteiger partial charge in [0.05, 0.1) is 12.0 Å². The molecule has 1 heterocycles. The quantitative estimate of drug-likeness (QED) is 0.331. The zero-order valence-corrected chi connectivity index (χ0v) is 23.4. The van der Waals surface area contributed by atoms with Crippen LogP contribution in [-0.2, 0) is 23.9 Å². The first-order chi connectivity index (χ1) is 18.8. The SMILES string of the molecule is CC1CC(C)C(O)(C(=O)COC2OC2C2CC=CCC2C(=O)O)CCC(O)C2(F)C1CCC1=CC(=O)C=CC12C. The van der Waals surface area contributed by atoms with E-state index in [1.165, 1.54) is 12.2 Å². The van der Waals surface area contributed by atoms with Gasteiger partial charge in [0.15, 0.2) is 23.5 Å². The fourth-order valence-corrected chi connectivity index (χ4v) is 8.09. The molecule has 1 saturated heterocycles. The van der Waals surface area contributed by atoms with Crippen molar-refractivity contribution in [1.29, 1.82) is 0 Å². The van der Waals surface area contributed by atoms with E-state index in [0.29, 0.717) is 37.7 Å². The Balaban J connectivity index is 1.30. The maximum atomic E-state index is 17.4.